The second-order valence-corrected chi connectivity index (χ2v) is 5.54. The summed E-state index contributed by atoms with van der Waals surface area (Å²) in [6, 6.07) is 9.14. The van der Waals surface area contributed by atoms with Crippen molar-refractivity contribution in [1.29, 1.82) is 0 Å². The van der Waals surface area contributed by atoms with Crippen LogP contribution in [0.1, 0.15) is 17.0 Å². The van der Waals surface area contributed by atoms with Gasteiger partial charge in [0.15, 0.2) is 0 Å². The summed E-state index contributed by atoms with van der Waals surface area (Å²) in [5, 5.41) is 13.2. The number of hydrogen-bond acceptors (Lipinski definition) is 3. The number of fused-ring (bicyclic) bond motifs is 1. The van der Waals surface area contributed by atoms with Gasteiger partial charge in [-0.15, -0.1) is 0 Å². The largest absolute Gasteiger partial charge is 0.481 e. The summed E-state index contributed by atoms with van der Waals surface area (Å²) in [7, 11) is 0. The minimum atomic E-state index is -0.886. The van der Waals surface area contributed by atoms with Crippen LogP contribution in [0, 0.1) is 0 Å². The molecule has 1 aliphatic heterocycles. The van der Waals surface area contributed by atoms with E-state index < -0.39 is 11.9 Å². The molecule has 2 heterocycles. The Bertz CT molecular complexity index is 651. The molecule has 102 valence electrons. The summed E-state index contributed by atoms with van der Waals surface area (Å²) in [5.74, 6) is -1.57. The van der Waals surface area contributed by atoms with Gasteiger partial charge in [0.2, 0.25) is 5.91 Å². The second kappa shape index (κ2) is 5.09. The van der Waals surface area contributed by atoms with Crippen LogP contribution >= 0.6 is 11.3 Å². The van der Waals surface area contributed by atoms with Gasteiger partial charge < -0.3 is 10.0 Å². The molecule has 2 aromatic rings. The molecule has 4 nitrogen and oxygen atoms in total. The molecule has 1 N–H and O–H groups in total. The Kier molecular flexibility index (Phi) is 3.28. The number of anilines is 1. The number of benzene rings is 1. The summed E-state index contributed by atoms with van der Waals surface area (Å²) >= 11 is 1.55. The van der Waals surface area contributed by atoms with Gasteiger partial charge >= 0.3 is 5.97 Å². The van der Waals surface area contributed by atoms with Gasteiger partial charge in [-0.25, -0.2) is 0 Å². The van der Waals surface area contributed by atoms with Crippen LogP contribution in [0.15, 0.2) is 41.1 Å². The molecule has 0 unspecified atom stereocenters. The molecule has 1 aromatic carbocycles. The average Bonchev–Trinajstić information content (AvgIpc) is 3.05. The zero-order chi connectivity index (χ0) is 14.1. The molecule has 0 saturated carbocycles. The van der Waals surface area contributed by atoms with Crippen LogP contribution in [0.5, 0.6) is 0 Å². The summed E-state index contributed by atoms with van der Waals surface area (Å²) in [4.78, 5) is 25.3. The highest BCUT2D eigenvalue weighted by molar-refractivity contribution is 7.08. The van der Waals surface area contributed by atoms with E-state index in [9.17, 15) is 14.7 Å². The average molecular weight is 287 g/mol. The first-order valence-corrected chi connectivity index (χ1v) is 7.24. The first-order chi connectivity index (χ1) is 9.66. The number of nitrogens with zero attached hydrogens (tertiary/aromatic N) is 1. The molecule has 0 radical (unpaired) electrons. The van der Waals surface area contributed by atoms with E-state index in [1.54, 1.807) is 22.3 Å². The van der Waals surface area contributed by atoms with E-state index in [2.05, 4.69) is 0 Å². The third-order valence-corrected chi connectivity index (χ3v) is 4.23. The number of carboxylic acids is 1. The van der Waals surface area contributed by atoms with Gasteiger partial charge in [0.05, 0.1) is 6.42 Å². The fourth-order valence-electron chi connectivity index (χ4n) is 2.52. The maximum atomic E-state index is 12.4. The number of carbonyl (C=O) groups excluding carboxylic acids is 1. The molecule has 0 fully saturated rings. The van der Waals surface area contributed by atoms with Gasteiger partial charge in [-0.2, -0.15) is 11.3 Å². The summed E-state index contributed by atoms with van der Waals surface area (Å²) in [5.41, 5.74) is 2.41. The van der Waals surface area contributed by atoms with E-state index in [0.717, 1.165) is 16.8 Å². The third-order valence-electron chi connectivity index (χ3n) is 3.50. The van der Waals surface area contributed by atoms with E-state index in [4.69, 9.17) is 0 Å². The molecule has 0 bridgehead atoms. The van der Waals surface area contributed by atoms with Crippen LogP contribution in [0.25, 0.3) is 0 Å². The Hall–Kier alpha value is -2.14. The van der Waals surface area contributed by atoms with Crippen molar-refractivity contribution in [2.24, 2.45) is 0 Å². The maximum Gasteiger partial charge on any atom is 0.312 e. The van der Waals surface area contributed by atoms with Crippen molar-refractivity contribution in [2.45, 2.75) is 12.3 Å². The molecular formula is C15H13NO3S. The quantitative estimate of drug-likeness (QED) is 0.943. The molecule has 3 rings (SSSR count). The van der Waals surface area contributed by atoms with Crippen molar-refractivity contribution in [1.82, 2.24) is 0 Å². The summed E-state index contributed by atoms with van der Waals surface area (Å²) < 4.78 is 0. The number of aliphatic carboxylic acids is 1. The van der Waals surface area contributed by atoms with Crippen molar-refractivity contribution in [3.05, 3.63) is 52.2 Å². The molecule has 1 amide bonds. The SMILES string of the molecule is O=C(O)[C@@H]1CN(C(=O)Cc2ccsc2)c2ccccc21. The van der Waals surface area contributed by atoms with Gasteiger partial charge in [-0.05, 0) is 34.0 Å². The van der Waals surface area contributed by atoms with Crippen molar-refractivity contribution in [2.75, 3.05) is 11.4 Å². The molecule has 1 aliphatic rings. The summed E-state index contributed by atoms with van der Waals surface area (Å²) in [6.45, 7) is 0.220. The molecule has 0 saturated heterocycles. The Balaban J connectivity index is 1.88. The van der Waals surface area contributed by atoms with Gasteiger partial charge in [0.1, 0.15) is 5.92 Å². The van der Waals surface area contributed by atoms with Crippen LogP contribution in [0.2, 0.25) is 0 Å². The van der Waals surface area contributed by atoms with Crippen LogP contribution in [-0.2, 0) is 16.0 Å². The number of amides is 1. The third kappa shape index (κ3) is 2.20. The minimum absolute atomic E-state index is 0.0559. The number of carbonyl (C=O) groups is 2. The first-order valence-electron chi connectivity index (χ1n) is 6.30. The van der Waals surface area contributed by atoms with Gasteiger partial charge in [0.25, 0.3) is 0 Å². The zero-order valence-corrected chi connectivity index (χ0v) is 11.5. The van der Waals surface area contributed by atoms with Crippen molar-refractivity contribution >= 4 is 28.9 Å². The van der Waals surface area contributed by atoms with Crippen LogP contribution in [-0.4, -0.2) is 23.5 Å². The number of rotatable bonds is 3. The highest BCUT2D eigenvalue weighted by Gasteiger charge is 2.36. The Morgan fingerprint density at radius 2 is 2.10 bits per heavy atom. The van der Waals surface area contributed by atoms with Crippen LogP contribution < -0.4 is 4.90 Å². The molecule has 20 heavy (non-hydrogen) atoms. The predicted octanol–water partition coefficient (Wildman–Crippen LogP) is 2.51. The fraction of sp³-hybridized carbons (Fsp3) is 0.200. The van der Waals surface area contributed by atoms with Gasteiger partial charge in [-0.1, -0.05) is 18.2 Å². The molecule has 1 atom stereocenters. The van der Waals surface area contributed by atoms with E-state index in [0.29, 0.717) is 6.42 Å². The van der Waals surface area contributed by atoms with Crippen molar-refractivity contribution in [3.8, 4) is 0 Å². The van der Waals surface area contributed by atoms with Gasteiger partial charge in [0, 0.05) is 12.2 Å². The lowest BCUT2D eigenvalue weighted by molar-refractivity contribution is -0.138. The number of hydrogen-bond donors (Lipinski definition) is 1. The molecular weight excluding hydrogens is 274 g/mol. The number of thiophene rings is 1. The fourth-order valence-corrected chi connectivity index (χ4v) is 3.19. The zero-order valence-electron chi connectivity index (χ0n) is 10.7. The Labute approximate surface area is 120 Å². The first kappa shape index (κ1) is 12.9. The predicted molar refractivity (Wildman–Crippen MR) is 77.2 cm³/mol. The smallest absolute Gasteiger partial charge is 0.312 e. The normalized spacial score (nSPS) is 17.0. The van der Waals surface area contributed by atoms with Crippen molar-refractivity contribution in [3.63, 3.8) is 0 Å². The van der Waals surface area contributed by atoms with E-state index in [1.165, 1.54) is 0 Å². The highest BCUT2D eigenvalue weighted by atomic mass is 32.1. The minimum Gasteiger partial charge on any atom is -0.481 e. The lowest BCUT2D eigenvalue weighted by Crippen LogP contribution is -2.32. The molecule has 5 heteroatoms. The van der Waals surface area contributed by atoms with Crippen molar-refractivity contribution < 1.29 is 14.7 Å². The Morgan fingerprint density at radius 1 is 1.30 bits per heavy atom. The highest BCUT2D eigenvalue weighted by Crippen LogP contribution is 2.36. The monoisotopic (exact) mass is 287 g/mol. The second-order valence-electron chi connectivity index (χ2n) is 4.76. The topological polar surface area (TPSA) is 57.6 Å². The summed E-state index contributed by atoms with van der Waals surface area (Å²) in [6.07, 6.45) is 0.310. The standard InChI is InChI=1S/C15H13NO3S/c17-14(7-10-5-6-20-9-10)16-8-12(15(18)19)11-3-1-2-4-13(11)16/h1-6,9,12H,7-8H2,(H,18,19)/t12-/m1/s1. The molecule has 0 spiro atoms. The Morgan fingerprint density at radius 3 is 2.80 bits per heavy atom. The van der Waals surface area contributed by atoms with Gasteiger partial charge in [-0.3, -0.25) is 9.59 Å². The van der Waals surface area contributed by atoms with E-state index in [1.807, 2.05) is 35.0 Å². The lowest BCUT2D eigenvalue weighted by atomic mass is 10.0. The molecule has 0 aliphatic carbocycles. The number of carboxylic acid groups (broad SMARTS) is 1. The lowest BCUT2D eigenvalue weighted by Gasteiger charge is -2.17. The van der Waals surface area contributed by atoms with Crippen LogP contribution in [0.4, 0.5) is 5.69 Å². The van der Waals surface area contributed by atoms with E-state index >= 15 is 0 Å². The van der Waals surface area contributed by atoms with E-state index in [-0.39, 0.29) is 12.5 Å². The maximum absolute atomic E-state index is 12.4. The molecule has 1 aromatic heterocycles. The van der Waals surface area contributed by atoms with Crippen LogP contribution in [0.3, 0.4) is 0 Å². The number of para-hydroxylation sites is 1.